The third-order valence-corrected chi connectivity index (χ3v) is 5.33. The van der Waals surface area contributed by atoms with Gasteiger partial charge in [0, 0.05) is 23.2 Å². The number of benzene rings is 1. The van der Waals surface area contributed by atoms with Crippen molar-refractivity contribution >= 4 is 28.6 Å². The minimum atomic E-state index is -0.571. The monoisotopic (exact) mass is 405 g/mol. The molecule has 0 spiro atoms. The first-order valence-corrected chi connectivity index (χ1v) is 10.0. The number of allylic oxidation sites excluding steroid dienone is 2. The van der Waals surface area contributed by atoms with Gasteiger partial charge in [-0.1, -0.05) is 45.0 Å². The van der Waals surface area contributed by atoms with E-state index in [-0.39, 0.29) is 18.2 Å². The van der Waals surface area contributed by atoms with Gasteiger partial charge in [-0.15, -0.1) is 0 Å². The summed E-state index contributed by atoms with van der Waals surface area (Å²) in [4.78, 5) is 27.7. The Hall–Kier alpha value is -3.48. The number of ketones is 1. The Morgan fingerprint density at radius 3 is 2.53 bits per heavy atom. The zero-order valence-electron chi connectivity index (χ0n) is 17.5. The molecule has 0 saturated heterocycles. The van der Waals surface area contributed by atoms with Crippen molar-refractivity contribution in [1.82, 2.24) is 14.9 Å². The van der Waals surface area contributed by atoms with Crippen LogP contribution in [0.3, 0.4) is 0 Å². The first-order valence-electron chi connectivity index (χ1n) is 10.0. The van der Waals surface area contributed by atoms with Crippen LogP contribution < -0.4 is 16.5 Å². The van der Waals surface area contributed by atoms with Crippen LogP contribution in [0.1, 0.15) is 42.5 Å². The number of Topliss-reactive ketones (excluding diaryl/α,β-unsaturated/α-hetero) is 1. The standard InChI is InChI=1S/C23H27N5O2/c1-23(2,3)22(30)27-13-17-19(18(29)14-27)20(26-16-7-5-4-6-8-16)21(28(17)24)15-9-11-25-12-10-15/h4-11,25-26H,12-14,24H2,1-3H3. The SMILES string of the molecule is CC(C)(C)C(=O)N1CC(=O)c2c(Nc3ccccc3)c(C3=CCNC=C3)n(N)c2C1. The Balaban J connectivity index is 1.84. The van der Waals surface area contributed by atoms with Crippen LogP contribution >= 0.6 is 0 Å². The molecule has 0 unspecified atom stereocenters. The molecule has 30 heavy (non-hydrogen) atoms. The van der Waals surface area contributed by atoms with E-state index in [0.717, 1.165) is 17.0 Å². The highest BCUT2D eigenvalue weighted by molar-refractivity contribution is 6.09. The molecule has 1 amide bonds. The van der Waals surface area contributed by atoms with Crippen LogP contribution in [0.15, 0.2) is 48.7 Å². The van der Waals surface area contributed by atoms with Crippen LogP contribution in [0.5, 0.6) is 0 Å². The molecule has 7 heteroatoms. The number of nitrogen functional groups attached to an aromatic ring is 1. The molecule has 2 aliphatic heterocycles. The van der Waals surface area contributed by atoms with Gasteiger partial charge in [0.15, 0.2) is 5.78 Å². The van der Waals surface area contributed by atoms with E-state index in [1.807, 2.05) is 69.5 Å². The van der Waals surface area contributed by atoms with Crippen LogP contribution in [-0.4, -0.2) is 34.4 Å². The normalized spacial score (nSPS) is 16.0. The van der Waals surface area contributed by atoms with Crippen LogP contribution in [-0.2, 0) is 11.3 Å². The second-order valence-electron chi connectivity index (χ2n) is 8.64. The highest BCUT2D eigenvalue weighted by atomic mass is 16.2. The number of fused-ring (bicyclic) bond motifs is 1. The molecule has 0 atom stereocenters. The zero-order chi connectivity index (χ0) is 21.5. The fourth-order valence-corrected chi connectivity index (χ4v) is 3.90. The maximum absolute atomic E-state index is 13.2. The lowest BCUT2D eigenvalue weighted by atomic mass is 9.93. The molecule has 0 fully saturated rings. The molecule has 0 saturated carbocycles. The maximum Gasteiger partial charge on any atom is 0.228 e. The fourth-order valence-electron chi connectivity index (χ4n) is 3.90. The smallest absolute Gasteiger partial charge is 0.228 e. The summed E-state index contributed by atoms with van der Waals surface area (Å²) in [5.41, 5.74) is 3.84. The number of nitrogens with two attached hydrogens (primary N) is 1. The number of dihydropyridines is 1. The second kappa shape index (κ2) is 7.40. The molecule has 0 aliphatic carbocycles. The Morgan fingerprint density at radius 2 is 1.90 bits per heavy atom. The predicted octanol–water partition coefficient (Wildman–Crippen LogP) is 3.02. The van der Waals surface area contributed by atoms with Crippen LogP contribution in [0.25, 0.3) is 5.57 Å². The number of hydrogen-bond donors (Lipinski definition) is 3. The van der Waals surface area contributed by atoms with E-state index in [2.05, 4.69) is 10.6 Å². The van der Waals surface area contributed by atoms with E-state index < -0.39 is 5.41 Å². The number of hydrogen-bond acceptors (Lipinski definition) is 5. The highest BCUT2D eigenvalue weighted by Crippen LogP contribution is 2.38. The molecule has 4 N–H and O–H groups in total. The first-order chi connectivity index (χ1) is 14.3. The van der Waals surface area contributed by atoms with Gasteiger partial charge in [-0.3, -0.25) is 14.3 Å². The minimum absolute atomic E-state index is 0.0481. The average molecular weight is 406 g/mol. The van der Waals surface area contributed by atoms with Crippen LogP contribution in [0.2, 0.25) is 0 Å². The summed E-state index contributed by atoms with van der Waals surface area (Å²) in [6.45, 7) is 6.59. The summed E-state index contributed by atoms with van der Waals surface area (Å²) in [6.07, 6.45) is 5.83. The number of nitrogens with zero attached hydrogens (tertiary/aromatic N) is 2. The van der Waals surface area contributed by atoms with Crippen LogP contribution in [0, 0.1) is 5.41 Å². The van der Waals surface area contributed by atoms with Crippen molar-refractivity contribution < 1.29 is 9.59 Å². The third kappa shape index (κ3) is 3.47. The molecule has 156 valence electrons. The van der Waals surface area contributed by atoms with E-state index >= 15 is 0 Å². The molecule has 1 aromatic carbocycles. The van der Waals surface area contributed by atoms with E-state index in [1.54, 1.807) is 9.58 Å². The number of carbonyl (C=O) groups excluding carboxylic acids is 2. The summed E-state index contributed by atoms with van der Waals surface area (Å²) in [6, 6.07) is 9.69. The third-order valence-electron chi connectivity index (χ3n) is 5.33. The number of para-hydroxylation sites is 1. The second-order valence-corrected chi connectivity index (χ2v) is 8.64. The largest absolute Gasteiger partial charge is 0.387 e. The van der Waals surface area contributed by atoms with Gasteiger partial charge in [0.05, 0.1) is 35.7 Å². The summed E-state index contributed by atoms with van der Waals surface area (Å²) < 4.78 is 1.56. The van der Waals surface area contributed by atoms with Gasteiger partial charge in [-0.25, -0.2) is 0 Å². The predicted molar refractivity (Wildman–Crippen MR) is 119 cm³/mol. The van der Waals surface area contributed by atoms with Crippen molar-refractivity contribution in [3.8, 4) is 0 Å². The number of rotatable bonds is 3. The minimum Gasteiger partial charge on any atom is -0.387 e. The molecule has 2 aromatic rings. The van der Waals surface area contributed by atoms with Crippen molar-refractivity contribution in [2.45, 2.75) is 27.3 Å². The molecule has 4 rings (SSSR count). The van der Waals surface area contributed by atoms with Gasteiger partial charge in [0.1, 0.15) is 0 Å². The molecular formula is C23H27N5O2. The van der Waals surface area contributed by atoms with Gasteiger partial charge < -0.3 is 21.4 Å². The molecule has 2 aliphatic rings. The number of aromatic nitrogens is 1. The molecular weight excluding hydrogens is 378 g/mol. The van der Waals surface area contributed by atoms with Crippen molar-refractivity contribution in [1.29, 1.82) is 0 Å². The van der Waals surface area contributed by atoms with E-state index in [4.69, 9.17) is 5.84 Å². The topological polar surface area (TPSA) is 92.4 Å². The summed E-state index contributed by atoms with van der Waals surface area (Å²) >= 11 is 0. The van der Waals surface area contributed by atoms with Gasteiger partial charge in [-0.2, -0.15) is 0 Å². The van der Waals surface area contributed by atoms with Gasteiger partial charge in [0.2, 0.25) is 5.91 Å². The van der Waals surface area contributed by atoms with E-state index in [9.17, 15) is 9.59 Å². The summed E-state index contributed by atoms with van der Waals surface area (Å²) in [5.74, 6) is 6.35. The Kier molecular flexibility index (Phi) is 4.89. The maximum atomic E-state index is 13.2. The number of amides is 1. The van der Waals surface area contributed by atoms with Gasteiger partial charge >= 0.3 is 0 Å². The fraction of sp³-hybridized carbons (Fsp3) is 0.304. The van der Waals surface area contributed by atoms with Gasteiger partial charge in [-0.05, 0) is 24.4 Å². The Morgan fingerprint density at radius 1 is 1.17 bits per heavy atom. The van der Waals surface area contributed by atoms with Crippen molar-refractivity contribution in [2.75, 3.05) is 24.2 Å². The van der Waals surface area contributed by atoms with Crippen molar-refractivity contribution in [3.63, 3.8) is 0 Å². The van der Waals surface area contributed by atoms with Crippen molar-refractivity contribution in [3.05, 3.63) is 65.6 Å². The Labute approximate surface area is 176 Å². The summed E-state index contributed by atoms with van der Waals surface area (Å²) in [7, 11) is 0. The average Bonchev–Trinajstić information content (AvgIpc) is 3.00. The van der Waals surface area contributed by atoms with Crippen molar-refractivity contribution in [2.24, 2.45) is 5.41 Å². The molecule has 0 bridgehead atoms. The Bertz CT molecular complexity index is 1060. The lowest BCUT2D eigenvalue weighted by molar-refractivity contribution is -0.139. The van der Waals surface area contributed by atoms with E-state index in [0.29, 0.717) is 30.0 Å². The van der Waals surface area contributed by atoms with Crippen LogP contribution in [0.4, 0.5) is 11.4 Å². The highest BCUT2D eigenvalue weighted by Gasteiger charge is 2.38. The van der Waals surface area contributed by atoms with E-state index in [1.165, 1.54) is 0 Å². The molecule has 0 radical (unpaired) electrons. The number of carbonyl (C=O) groups is 2. The zero-order valence-corrected chi connectivity index (χ0v) is 17.5. The number of nitrogens with one attached hydrogen (secondary N) is 2. The number of anilines is 2. The summed E-state index contributed by atoms with van der Waals surface area (Å²) in [5, 5.41) is 6.54. The molecule has 7 nitrogen and oxygen atoms in total. The van der Waals surface area contributed by atoms with Gasteiger partial charge in [0.25, 0.3) is 0 Å². The first kappa shape index (κ1) is 19.8. The quantitative estimate of drug-likeness (QED) is 0.683. The molecule has 3 heterocycles. The lowest BCUT2D eigenvalue weighted by Gasteiger charge is -2.32. The lowest BCUT2D eigenvalue weighted by Crippen LogP contribution is -2.45. The molecule has 1 aromatic heterocycles.